The predicted molar refractivity (Wildman–Crippen MR) is 76.9 cm³/mol. The Kier molecular flexibility index (Phi) is 5.05. The number of ether oxygens (including phenoxy) is 1. The van der Waals surface area contributed by atoms with Crippen molar-refractivity contribution in [2.75, 3.05) is 7.05 Å². The van der Waals surface area contributed by atoms with Crippen molar-refractivity contribution in [2.45, 2.75) is 32.9 Å². The van der Waals surface area contributed by atoms with E-state index in [9.17, 15) is 4.79 Å². The van der Waals surface area contributed by atoms with E-state index in [1.165, 1.54) is 4.90 Å². The maximum absolute atomic E-state index is 11.8. The lowest BCUT2D eigenvalue weighted by atomic mass is 10.2. The van der Waals surface area contributed by atoms with E-state index in [4.69, 9.17) is 16.3 Å². The van der Waals surface area contributed by atoms with Gasteiger partial charge in [-0.1, -0.05) is 27.5 Å². The first kappa shape index (κ1) is 15.3. The Morgan fingerprint density at radius 3 is 2.61 bits per heavy atom. The molecule has 1 rings (SSSR count). The van der Waals surface area contributed by atoms with Crippen molar-refractivity contribution < 1.29 is 9.53 Å². The van der Waals surface area contributed by atoms with E-state index in [0.29, 0.717) is 11.6 Å². The lowest BCUT2D eigenvalue weighted by Crippen LogP contribution is -2.33. The molecule has 0 saturated carbocycles. The summed E-state index contributed by atoms with van der Waals surface area (Å²) in [4.78, 5) is 13.3. The Bertz CT molecular complexity index is 443. The van der Waals surface area contributed by atoms with Crippen LogP contribution in [0.25, 0.3) is 0 Å². The number of amides is 1. The predicted octanol–water partition coefficient (Wildman–Crippen LogP) is 4.47. The van der Waals surface area contributed by atoms with Gasteiger partial charge in [-0.2, -0.15) is 0 Å². The van der Waals surface area contributed by atoms with Crippen molar-refractivity contribution in [3.63, 3.8) is 0 Å². The van der Waals surface area contributed by atoms with Crippen LogP contribution in [-0.4, -0.2) is 23.6 Å². The molecule has 0 aromatic heterocycles. The third-order valence-corrected chi connectivity index (χ3v) is 2.98. The molecule has 0 radical (unpaired) electrons. The summed E-state index contributed by atoms with van der Waals surface area (Å²) >= 11 is 9.46. The Balaban J connectivity index is 2.72. The molecule has 18 heavy (non-hydrogen) atoms. The molecular weight excluding hydrogens is 318 g/mol. The first-order chi connectivity index (χ1) is 8.19. The number of rotatable bonds is 2. The van der Waals surface area contributed by atoms with Crippen LogP contribution in [-0.2, 0) is 11.3 Å². The number of nitrogens with zero attached hydrogens (tertiary/aromatic N) is 1. The fraction of sp³-hybridized carbons (Fsp3) is 0.462. The highest BCUT2D eigenvalue weighted by Crippen LogP contribution is 2.22. The number of carbonyl (C=O) groups is 1. The van der Waals surface area contributed by atoms with E-state index in [0.717, 1.165) is 10.0 Å². The molecule has 0 N–H and O–H groups in total. The standard InChI is InChI=1S/C13H17BrClNO2/c1-13(2,3)18-12(17)16(4)8-9-7-10(14)5-6-11(9)15/h5-7H,8H2,1-4H3. The van der Waals surface area contributed by atoms with Crippen molar-refractivity contribution in [2.24, 2.45) is 0 Å². The molecule has 0 atom stereocenters. The average Bonchev–Trinajstić information content (AvgIpc) is 2.21. The summed E-state index contributed by atoms with van der Waals surface area (Å²) in [6.45, 7) is 5.92. The molecular formula is C13H17BrClNO2. The van der Waals surface area contributed by atoms with E-state index < -0.39 is 5.60 Å². The summed E-state index contributed by atoms with van der Waals surface area (Å²) in [5.74, 6) is 0. The third kappa shape index (κ3) is 4.86. The van der Waals surface area contributed by atoms with Crippen LogP contribution in [0.2, 0.25) is 5.02 Å². The minimum atomic E-state index is -0.494. The highest BCUT2D eigenvalue weighted by atomic mass is 79.9. The van der Waals surface area contributed by atoms with Gasteiger partial charge in [0.15, 0.2) is 0 Å². The van der Waals surface area contributed by atoms with E-state index in [-0.39, 0.29) is 6.09 Å². The van der Waals surface area contributed by atoms with E-state index in [2.05, 4.69) is 15.9 Å². The van der Waals surface area contributed by atoms with Crippen LogP contribution in [0.3, 0.4) is 0 Å². The second-order valence-electron chi connectivity index (χ2n) is 5.07. The molecule has 1 aromatic rings. The van der Waals surface area contributed by atoms with Gasteiger partial charge in [0.1, 0.15) is 5.60 Å². The lowest BCUT2D eigenvalue weighted by Gasteiger charge is -2.25. The van der Waals surface area contributed by atoms with Gasteiger partial charge in [-0.25, -0.2) is 4.79 Å². The largest absolute Gasteiger partial charge is 0.444 e. The zero-order chi connectivity index (χ0) is 13.9. The smallest absolute Gasteiger partial charge is 0.410 e. The molecule has 100 valence electrons. The molecule has 0 unspecified atom stereocenters. The molecule has 0 fully saturated rings. The molecule has 0 saturated heterocycles. The van der Waals surface area contributed by atoms with Crippen LogP contribution < -0.4 is 0 Å². The van der Waals surface area contributed by atoms with Crippen LogP contribution in [0, 0.1) is 0 Å². The summed E-state index contributed by atoms with van der Waals surface area (Å²) in [6.07, 6.45) is -0.362. The highest BCUT2D eigenvalue weighted by Gasteiger charge is 2.20. The number of benzene rings is 1. The molecule has 1 aromatic carbocycles. The van der Waals surface area contributed by atoms with Crippen LogP contribution in [0.1, 0.15) is 26.3 Å². The Hall–Kier alpha value is -0.740. The van der Waals surface area contributed by atoms with Crippen molar-refractivity contribution >= 4 is 33.6 Å². The minimum absolute atomic E-state index is 0.362. The number of halogens is 2. The monoisotopic (exact) mass is 333 g/mol. The van der Waals surface area contributed by atoms with Crippen molar-refractivity contribution in [1.29, 1.82) is 0 Å². The van der Waals surface area contributed by atoms with Crippen LogP contribution >= 0.6 is 27.5 Å². The quantitative estimate of drug-likeness (QED) is 0.798. The molecule has 0 spiro atoms. The van der Waals surface area contributed by atoms with Gasteiger partial charge in [0.05, 0.1) is 6.54 Å². The zero-order valence-corrected chi connectivity index (χ0v) is 13.3. The van der Waals surface area contributed by atoms with E-state index in [1.54, 1.807) is 13.1 Å². The number of hydrogen-bond acceptors (Lipinski definition) is 2. The summed E-state index contributed by atoms with van der Waals surface area (Å²) in [6, 6.07) is 5.55. The van der Waals surface area contributed by atoms with Crippen LogP contribution in [0.15, 0.2) is 22.7 Å². The third-order valence-electron chi connectivity index (χ3n) is 2.12. The Labute approximate surface area is 121 Å². The Morgan fingerprint density at radius 2 is 2.06 bits per heavy atom. The van der Waals surface area contributed by atoms with Gasteiger partial charge in [0, 0.05) is 16.5 Å². The highest BCUT2D eigenvalue weighted by molar-refractivity contribution is 9.10. The Morgan fingerprint density at radius 1 is 1.44 bits per heavy atom. The van der Waals surface area contributed by atoms with Crippen molar-refractivity contribution in [3.8, 4) is 0 Å². The molecule has 1 amide bonds. The fourth-order valence-corrected chi connectivity index (χ4v) is 1.91. The fourth-order valence-electron chi connectivity index (χ4n) is 1.32. The van der Waals surface area contributed by atoms with Crippen molar-refractivity contribution in [1.82, 2.24) is 4.90 Å². The summed E-state index contributed by atoms with van der Waals surface area (Å²) in [5, 5.41) is 0.633. The maximum atomic E-state index is 11.8. The van der Waals surface area contributed by atoms with Gasteiger partial charge in [0.25, 0.3) is 0 Å². The normalized spacial score (nSPS) is 11.2. The van der Waals surface area contributed by atoms with E-state index in [1.807, 2.05) is 32.9 Å². The molecule has 0 aliphatic heterocycles. The lowest BCUT2D eigenvalue weighted by molar-refractivity contribution is 0.0285. The average molecular weight is 335 g/mol. The number of hydrogen-bond donors (Lipinski definition) is 0. The zero-order valence-electron chi connectivity index (χ0n) is 11.0. The van der Waals surface area contributed by atoms with Crippen molar-refractivity contribution in [3.05, 3.63) is 33.3 Å². The van der Waals surface area contributed by atoms with Gasteiger partial charge in [-0.05, 0) is 44.5 Å². The first-order valence-electron chi connectivity index (χ1n) is 5.57. The van der Waals surface area contributed by atoms with Crippen LogP contribution in [0.4, 0.5) is 4.79 Å². The number of carbonyl (C=O) groups excluding carboxylic acids is 1. The molecule has 5 heteroatoms. The molecule has 0 aliphatic carbocycles. The summed E-state index contributed by atoms with van der Waals surface area (Å²) < 4.78 is 6.20. The maximum Gasteiger partial charge on any atom is 0.410 e. The molecule has 0 heterocycles. The SMILES string of the molecule is CN(Cc1cc(Br)ccc1Cl)C(=O)OC(C)(C)C. The van der Waals surface area contributed by atoms with Gasteiger partial charge < -0.3 is 9.64 Å². The van der Waals surface area contributed by atoms with Gasteiger partial charge in [-0.3, -0.25) is 0 Å². The van der Waals surface area contributed by atoms with E-state index >= 15 is 0 Å². The molecule has 3 nitrogen and oxygen atoms in total. The summed E-state index contributed by atoms with van der Waals surface area (Å²) in [5.41, 5.74) is 0.381. The molecule has 0 aliphatic rings. The molecule has 0 bridgehead atoms. The van der Waals surface area contributed by atoms with Gasteiger partial charge in [-0.15, -0.1) is 0 Å². The summed E-state index contributed by atoms with van der Waals surface area (Å²) in [7, 11) is 1.69. The first-order valence-corrected chi connectivity index (χ1v) is 6.74. The minimum Gasteiger partial charge on any atom is -0.444 e. The second kappa shape index (κ2) is 5.93. The second-order valence-corrected chi connectivity index (χ2v) is 6.40. The topological polar surface area (TPSA) is 29.5 Å². The van der Waals surface area contributed by atoms with Gasteiger partial charge in [0.2, 0.25) is 0 Å². The van der Waals surface area contributed by atoms with Gasteiger partial charge >= 0.3 is 6.09 Å². The van der Waals surface area contributed by atoms with Crippen LogP contribution in [0.5, 0.6) is 0 Å².